The van der Waals surface area contributed by atoms with Crippen molar-refractivity contribution in [2.75, 3.05) is 0 Å². The van der Waals surface area contributed by atoms with Crippen LogP contribution in [-0.2, 0) is 0 Å². The van der Waals surface area contributed by atoms with Crippen LogP contribution in [0.1, 0.15) is 0 Å². The highest BCUT2D eigenvalue weighted by molar-refractivity contribution is 5.80. The minimum Gasteiger partial charge on any atom is -0.505 e. The van der Waals surface area contributed by atoms with Crippen molar-refractivity contribution < 1.29 is 14.0 Å². The van der Waals surface area contributed by atoms with Crippen LogP contribution in [0.3, 0.4) is 0 Å². The van der Waals surface area contributed by atoms with Crippen LogP contribution in [-0.4, -0.2) is 25.2 Å². The molecule has 0 spiro atoms. The Kier molecular flexibility index (Phi) is 2.65. The standard InChI is InChI=1S/C15H9FN4O2/c16-10-5-9(2-4-13(10)21)15-19-14(20-22-15)8-1-3-11-12(6-8)18-7-17-11/h1-7,21H,(H,17,18). The van der Waals surface area contributed by atoms with Gasteiger partial charge in [-0.15, -0.1) is 0 Å². The predicted octanol–water partition coefficient (Wildman–Crippen LogP) is 3.12. The van der Waals surface area contributed by atoms with Gasteiger partial charge in [0.1, 0.15) is 0 Å². The lowest BCUT2D eigenvalue weighted by Crippen LogP contribution is -1.83. The van der Waals surface area contributed by atoms with Gasteiger partial charge in [0.05, 0.1) is 17.4 Å². The molecule has 0 unspecified atom stereocenters. The second-order valence-corrected chi connectivity index (χ2v) is 4.72. The molecular weight excluding hydrogens is 287 g/mol. The van der Waals surface area contributed by atoms with E-state index in [1.807, 2.05) is 18.2 Å². The van der Waals surface area contributed by atoms with Crippen LogP contribution in [0.25, 0.3) is 33.9 Å². The minimum absolute atomic E-state index is 0.179. The number of aromatic hydroxyl groups is 1. The SMILES string of the molecule is Oc1ccc(-c2nc(-c3ccc4nc[nH]c4c3)no2)cc1F. The number of halogens is 1. The van der Waals surface area contributed by atoms with E-state index in [4.69, 9.17) is 4.52 Å². The number of hydrogen-bond donors (Lipinski definition) is 2. The van der Waals surface area contributed by atoms with Crippen molar-refractivity contribution >= 4 is 11.0 Å². The third-order valence-corrected chi connectivity index (χ3v) is 3.30. The molecule has 0 atom stereocenters. The average molecular weight is 296 g/mol. The number of hydrogen-bond acceptors (Lipinski definition) is 5. The Labute approximate surface area is 123 Å². The molecule has 2 N–H and O–H groups in total. The predicted molar refractivity (Wildman–Crippen MR) is 76.4 cm³/mol. The second-order valence-electron chi connectivity index (χ2n) is 4.72. The molecule has 108 valence electrons. The molecule has 2 aromatic carbocycles. The number of phenols is 1. The summed E-state index contributed by atoms with van der Waals surface area (Å²) in [6.07, 6.45) is 1.61. The summed E-state index contributed by atoms with van der Waals surface area (Å²) in [6, 6.07) is 9.42. The maximum atomic E-state index is 13.4. The number of benzene rings is 2. The number of imidazole rings is 1. The summed E-state index contributed by atoms with van der Waals surface area (Å²) in [4.78, 5) is 11.4. The number of nitrogens with zero attached hydrogens (tertiary/aromatic N) is 3. The van der Waals surface area contributed by atoms with E-state index >= 15 is 0 Å². The Morgan fingerprint density at radius 3 is 2.82 bits per heavy atom. The number of rotatable bonds is 2. The molecule has 0 bridgehead atoms. The van der Waals surface area contributed by atoms with Crippen molar-refractivity contribution in [1.29, 1.82) is 0 Å². The minimum atomic E-state index is -0.740. The van der Waals surface area contributed by atoms with Crippen molar-refractivity contribution in [1.82, 2.24) is 20.1 Å². The lowest BCUT2D eigenvalue weighted by molar-refractivity contribution is 0.426. The Bertz CT molecular complexity index is 977. The van der Waals surface area contributed by atoms with Crippen molar-refractivity contribution in [2.45, 2.75) is 0 Å². The van der Waals surface area contributed by atoms with Gasteiger partial charge in [-0.2, -0.15) is 4.98 Å². The van der Waals surface area contributed by atoms with Gasteiger partial charge in [0.15, 0.2) is 11.6 Å². The molecular formula is C15H9FN4O2. The van der Waals surface area contributed by atoms with Crippen molar-refractivity contribution in [3.63, 3.8) is 0 Å². The fourth-order valence-electron chi connectivity index (χ4n) is 2.17. The smallest absolute Gasteiger partial charge is 0.258 e. The molecule has 0 saturated carbocycles. The van der Waals surface area contributed by atoms with Crippen molar-refractivity contribution in [3.8, 4) is 28.6 Å². The first kappa shape index (κ1) is 12.5. The molecule has 0 fully saturated rings. The van der Waals surface area contributed by atoms with E-state index in [-0.39, 0.29) is 5.89 Å². The van der Waals surface area contributed by atoms with Gasteiger partial charge >= 0.3 is 0 Å². The van der Waals surface area contributed by atoms with Crippen molar-refractivity contribution in [2.24, 2.45) is 0 Å². The van der Waals surface area contributed by atoms with E-state index in [9.17, 15) is 9.50 Å². The van der Waals surface area contributed by atoms with E-state index in [0.29, 0.717) is 11.4 Å². The number of nitrogens with one attached hydrogen (secondary N) is 1. The Morgan fingerprint density at radius 1 is 1.09 bits per heavy atom. The fraction of sp³-hybridized carbons (Fsp3) is 0. The van der Waals surface area contributed by atoms with Crippen LogP contribution in [0.2, 0.25) is 0 Å². The van der Waals surface area contributed by atoms with Crippen LogP contribution in [0.5, 0.6) is 5.75 Å². The van der Waals surface area contributed by atoms with Gasteiger partial charge < -0.3 is 14.6 Å². The number of aromatic nitrogens is 4. The monoisotopic (exact) mass is 296 g/mol. The number of H-pyrrole nitrogens is 1. The molecule has 0 saturated heterocycles. The molecule has 4 rings (SSSR count). The number of aromatic amines is 1. The first-order chi connectivity index (χ1) is 10.7. The van der Waals surface area contributed by atoms with E-state index in [1.54, 1.807) is 6.33 Å². The summed E-state index contributed by atoms with van der Waals surface area (Å²) in [5.41, 5.74) is 2.86. The molecule has 4 aromatic rings. The summed E-state index contributed by atoms with van der Waals surface area (Å²) < 4.78 is 18.5. The molecule has 6 nitrogen and oxygen atoms in total. The van der Waals surface area contributed by atoms with Crippen molar-refractivity contribution in [3.05, 3.63) is 48.5 Å². The third-order valence-electron chi connectivity index (χ3n) is 3.30. The van der Waals surface area contributed by atoms with E-state index in [0.717, 1.165) is 22.7 Å². The molecule has 2 heterocycles. The van der Waals surface area contributed by atoms with Crippen LogP contribution in [0.15, 0.2) is 47.2 Å². The van der Waals surface area contributed by atoms with Gasteiger partial charge in [-0.3, -0.25) is 0 Å². The first-order valence-corrected chi connectivity index (χ1v) is 6.47. The topological polar surface area (TPSA) is 87.8 Å². The zero-order valence-corrected chi connectivity index (χ0v) is 11.1. The van der Waals surface area contributed by atoms with Crippen LogP contribution >= 0.6 is 0 Å². The normalized spacial score (nSPS) is 11.1. The van der Waals surface area contributed by atoms with E-state index in [1.165, 1.54) is 12.1 Å². The van der Waals surface area contributed by atoms with Crippen LogP contribution in [0.4, 0.5) is 4.39 Å². The van der Waals surface area contributed by atoms with Gasteiger partial charge in [0.2, 0.25) is 5.82 Å². The molecule has 0 amide bonds. The van der Waals surface area contributed by atoms with Gasteiger partial charge in [-0.05, 0) is 36.4 Å². The number of phenolic OH excluding ortho intramolecular Hbond substituents is 1. The quantitative estimate of drug-likeness (QED) is 0.593. The highest BCUT2D eigenvalue weighted by Crippen LogP contribution is 2.26. The largest absolute Gasteiger partial charge is 0.505 e. The van der Waals surface area contributed by atoms with Crippen LogP contribution < -0.4 is 0 Å². The zero-order valence-electron chi connectivity index (χ0n) is 11.1. The Balaban J connectivity index is 1.75. The average Bonchev–Trinajstić information content (AvgIpc) is 3.17. The van der Waals surface area contributed by atoms with E-state index < -0.39 is 11.6 Å². The summed E-state index contributed by atoms with van der Waals surface area (Å²) in [7, 11) is 0. The Morgan fingerprint density at radius 2 is 1.95 bits per heavy atom. The molecule has 0 aliphatic heterocycles. The van der Waals surface area contributed by atoms with Gasteiger partial charge in [-0.25, -0.2) is 9.37 Å². The molecule has 22 heavy (non-hydrogen) atoms. The molecule has 0 aliphatic rings. The van der Waals surface area contributed by atoms with Gasteiger partial charge in [-0.1, -0.05) is 5.16 Å². The maximum absolute atomic E-state index is 13.4. The molecule has 7 heteroatoms. The van der Waals surface area contributed by atoms with Gasteiger partial charge in [0.25, 0.3) is 5.89 Å². The van der Waals surface area contributed by atoms with Gasteiger partial charge in [0, 0.05) is 11.1 Å². The first-order valence-electron chi connectivity index (χ1n) is 6.47. The maximum Gasteiger partial charge on any atom is 0.258 e. The lowest BCUT2D eigenvalue weighted by Gasteiger charge is -1.97. The second kappa shape index (κ2) is 4.66. The lowest BCUT2D eigenvalue weighted by atomic mass is 10.2. The Hall–Kier alpha value is -3.22. The van der Waals surface area contributed by atoms with Crippen LogP contribution in [0, 0.1) is 5.82 Å². The summed E-state index contributed by atoms with van der Waals surface area (Å²) in [5, 5.41) is 13.1. The highest BCUT2D eigenvalue weighted by atomic mass is 19.1. The molecule has 0 radical (unpaired) electrons. The summed E-state index contributed by atoms with van der Waals surface area (Å²) in [6.45, 7) is 0. The number of fused-ring (bicyclic) bond motifs is 1. The highest BCUT2D eigenvalue weighted by Gasteiger charge is 2.13. The summed E-state index contributed by atoms with van der Waals surface area (Å²) >= 11 is 0. The summed E-state index contributed by atoms with van der Waals surface area (Å²) in [5.74, 6) is -0.595. The molecule has 0 aliphatic carbocycles. The van der Waals surface area contributed by atoms with E-state index in [2.05, 4.69) is 20.1 Å². The third kappa shape index (κ3) is 1.99. The zero-order chi connectivity index (χ0) is 15.1. The molecule has 2 aromatic heterocycles. The fourth-order valence-corrected chi connectivity index (χ4v) is 2.17.